The van der Waals surface area contributed by atoms with Crippen LogP contribution in [0.3, 0.4) is 0 Å². The van der Waals surface area contributed by atoms with Crippen LogP contribution in [-0.2, 0) is 22.1 Å². The number of rotatable bonds is 3. The maximum Gasteiger partial charge on any atom is 0.253 e. The fourth-order valence-electron chi connectivity index (χ4n) is 4.65. The van der Waals surface area contributed by atoms with Crippen molar-refractivity contribution in [3.8, 4) is 0 Å². The zero-order valence-electron chi connectivity index (χ0n) is 16.8. The SMILES string of the molecule is O=C(c1ccc2[nH]ccc2c1)N1CCC2(CC1)N(Cc1cccc(F)c1)C(=O)CS2=O. The zero-order chi connectivity index (χ0) is 21.6. The first-order valence-electron chi connectivity index (χ1n) is 10.3. The van der Waals surface area contributed by atoms with E-state index in [1.54, 1.807) is 28.0 Å². The first-order chi connectivity index (χ1) is 15.0. The Morgan fingerprint density at radius 2 is 1.94 bits per heavy atom. The van der Waals surface area contributed by atoms with E-state index >= 15 is 0 Å². The van der Waals surface area contributed by atoms with Crippen molar-refractivity contribution in [2.24, 2.45) is 0 Å². The summed E-state index contributed by atoms with van der Waals surface area (Å²) in [4.78, 5) is 31.4. The molecule has 2 amide bonds. The molecule has 6 nitrogen and oxygen atoms in total. The molecule has 3 heterocycles. The third kappa shape index (κ3) is 3.44. The molecule has 1 N–H and O–H groups in total. The average Bonchev–Trinajstić information content (AvgIpc) is 3.32. The molecule has 160 valence electrons. The first kappa shape index (κ1) is 19.9. The van der Waals surface area contributed by atoms with E-state index in [4.69, 9.17) is 0 Å². The van der Waals surface area contributed by atoms with Crippen molar-refractivity contribution in [3.05, 3.63) is 71.7 Å². The van der Waals surface area contributed by atoms with Gasteiger partial charge in [-0.3, -0.25) is 13.8 Å². The van der Waals surface area contributed by atoms with E-state index in [0.29, 0.717) is 37.1 Å². The molecule has 31 heavy (non-hydrogen) atoms. The van der Waals surface area contributed by atoms with Crippen molar-refractivity contribution in [1.82, 2.24) is 14.8 Å². The Kier molecular flexibility index (Phi) is 4.89. The lowest BCUT2D eigenvalue weighted by atomic mass is 10.00. The number of benzene rings is 2. The fraction of sp³-hybridized carbons (Fsp3) is 0.304. The van der Waals surface area contributed by atoms with Crippen LogP contribution in [0.25, 0.3) is 10.9 Å². The fourth-order valence-corrected chi connectivity index (χ4v) is 6.35. The van der Waals surface area contributed by atoms with Gasteiger partial charge in [-0.15, -0.1) is 0 Å². The predicted octanol–water partition coefficient (Wildman–Crippen LogP) is 3.03. The Bertz CT molecular complexity index is 1200. The van der Waals surface area contributed by atoms with Crippen molar-refractivity contribution < 1.29 is 18.2 Å². The van der Waals surface area contributed by atoms with Gasteiger partial charge in [0.15, 0.2) is 0 Å². The molecular formula is C23H22FN3O3S. The highest BCUT2D eigenvalue weighted by Crippen LogP contribution is 2.39. The van der Waals surface area contributed by atoms with Crippen LogP contribution in [-0.4, -0.2) is 54.5 Å². The summed E-state index contributed by atoms with van der Waals surface area (Å²) in [7, 11) is -1.35. The number of nitrogens with zero attached hydrogens (tertiary/aromatic N) is 2. The van der Waals surface area contributed by atoms with Crippen LogP contribution in [0.4, 0.5) is 4.39 Å². The predicted molar refractivity (Wildman–Crippen MR) is 116 cm³/mol. The van der Waals surface area contributed by atoms with Crippen molar-refractivity contribution in [2.75, 3.05) is 18.8 Å². The van der Waals surface area contributed by atoms with Crippen molar-refractivity contribution in [2.45, 2.75) is 24.3 Å². The average molecular weight is 440 g/mol. The Morgan fingerprint density at radius 1 is 1.13 bits per heavy atom. The van der Waals surface area contributed by atoms with Gasteiger partial charge < -0.3 is 14.8 Å². The van der Waals surface area contributed by atoms with Crippen LogP contribution in [0.1, 0.15) is 28.8 Å². The number of piperidine rings is 1. The minimum absolute atomic E-state index is 0.0204. The molecular weight excluding hydrogens is 417 g/mol. The molecule has 2 aliphatic heterocycles. The minimum Gasteiger partial charge on any atom is -0.361 e. The smallest absolute Gasteiger partial charge is 0.253 e. The maximum absolute atomic E-state index is 13.6. The lowest BCUT2D eigenvalue weighted by Crippen LogP contribution is -2.55. The molecule has 5 rings (SSSR count). The third-order valence-corrected chi connectivity index (χ3v) is 8.32. The number of H-pyrrole nitrogens is 1. The molecule has 3 aromatic rings. The summed E-state index contributed by atoms with van der Waals surface area (Å²) in [5.41, 5.74) is 2.26. The van der Waals surface area contributed by atoms with E-state index in [0.717, 1.165) is 10.9 Å². The molecule has 0 radical (unpaired) electrons. The normalized spacial score (nSPS) is 20.7. The summed E-state index contributed by atoms with van der Waals surface area (Å²) in [6, 6.07) is 13.6. The van der Waals surface area contributed by atoms with Crippen LogP contribution < -0.4 is 0 Å². The quantitative estimate of drug-likeness (QED) is 0.682. The summed E-state index contributed by atoms with van der Waals surface area (Å²) < 4.78 is 26.6. The summed E-state index contributed by atoms with van der Waals surface area (Å²) in [6.45, 7) is 1.06. The van der Waals surface area contributed by atoms with Crippen LogP contribution in [0, 0.1) is 5.82 Å². The highest BCUT2D eigenvalue weighted by molar-refractivity contribution is 7.87. The molecule has 0 bridgehead atoms. The molecule has 1 unspecified atom stereocenters. The lowest BCUT2D eigenvalue weighted by Gasteiger charge is -2.43. The number of amides is 2. The monoisotopic (exact) mass is 439 g/mol. The van der Waals surface area contributed by atoms with E-state index < -0.39 is 15.7 Å². The molecule has 8 heteroatoms. The van der Waals surface area contributed by atoms with Crippen LogP contribution >= 0.6 is 0 Å². The number of carbonyl (C=O) groups is 2. The second-order valence-corrected chi connectivity index (χ2v) is 9.86. The molecule has 0 saturated carbocycles. The molecule has 1 spiro atoms. The topological polar surface area (TPSA) is 73.5 Å². The summed E-state index contributed by atoms with van der Waals surface area (Å²) >= 11 is 0. The Labute approximate surface area is 181 Å². The van der Waals surface area contributed by atoms with Crippen molar-refractivity contribution in [3.63, 3.8) is 0 Å². The lowest BCUT2D eigenvalue weighted by molar-refractivity contribution is -0.131. The van der Waals surface area contributed by atoms with Gasteiger partial charge in [-0.2, -0.15) is 0 Å². The molecule has 2 saturated heterocycles. The van der Waals surface area contributed by atoms with Crippen LogP contribution in [0.5, 0.6) is 0 Å². The molecule has 2 aromatic carbocycles. The number of halogens is 1. The van der Waals surface area contributed by atoms with Gasteiger partial charge in [0.1, 0.15) is 16.4 Å². The van der Waals surface area contributed by atoms with Gasteiger partial charge in [0.2, 0.25) is 5.91 Å². The number of likely N-dealkylation sites (tertiary alicyclic amines) is 1. The standard InChI is InChI=1S/C23H22FN3O3S/c24-19-3-1-2-16(12-19)14-27-21(28)15-31(30)23(27)7-10-26(11-8-23)22(29)18-4-5-20-17(13-18)6-9-25-20/h1-6,9,12-13,25H,7-8,10-11,14-15H2. The zero-order valence-corrected chi connectivity index (χ0v) is 17.7. The van der Waals surface area contributed by atoms with Gasteiger partial charge in [-0.05, 0) is 42.0 Å². The first-order valence-corrected chi connectivity index (χ1v) is 11.6. The highest BCUT2D eigenvalue weighted by Gasteiger charge is 2.53. The number of nitrogens with one attached hydrogen (secondary N) is 1. The van der Waals surface area contributed by atoms with E-state index in [9.17, 15) is 18.2 Å². The van der Waals surface area contributed by atoms with E-state index in [1.165, 1.54) is 12.1 Å². The number of carbonyl (C=O) groups excluding carboxylic acids is 2. The number of fused-ring (bicyclic) bond motifs is 1. The van der Waals surface area contributed by atoms with Crippen LogP contribution in [0.15, 0.2) is 54.7 Å². The number of hydrogen-bond donors (Lipinski definition) is 1. The third-order valence-electron chi connectivity index (χ3n) is 6.33. The second kappa shape index (κ2) is 7.60. The van der Waals surface area contributed by atoms with Gasteiger partial charge in [0.05, 0.1) is 10.8 Å². The molecule has 0 aliphatic carbocycles. The molecule has 1 atom stereocenters. The van der Waals surface area contributed by atoms with Gasteiger partial charge in [-0.25, -0.2) is 4.39 Å². The van der Waals surface area contributed by atoms with E-state index in [-0.39, 0.29) is 29.9 Å². The van der Waals surface area contributed by atoms with Crippen molar-refractivity contribution in [1.29, 1.82) is 0 Å². The number of hydrogen-bond acceptors (Lipinski definition) is 3. The summed E-state index contributed by atoms with van der Waals surface area (Å²) in [5.74, 6) is -0.628. The van der Waals surface area contributed by atoms with Crippen LogP contribution in [0.2, 0.25) is 0 Å². The largest absolute Gasteiger partial charge is 0.361 e. The Balaban J connectivity index is 1.34. The second-order valence-electron chi connectivity index (χ2n) is 8.12. The maximum atomic E-state index is 13.6. The molecule has 1 aromatic heterocycles. The van der Waals surface area contributed by atoms with Gasteiger partial charge in [0.25, 0.3) is 5.91 Å². The highest BCUT2D eigenvalue weighted by atomic mass is 32.2. The molecule has 2 aliphatic rings. The van der Waals surface area contributed by atoms with E-state index in [2.05, 4.69) is 4.98 Å². The number of aromatic amines is 1. The van der Waals surface area contributed by atoms with Gasteiger partial charge in [0, 0.05) is 55.1 Å². The number of aromatic nitrogens is 1. The Hall–Kier alpha value is -3.00. The summed E-state index contributed by atoms with van der Waals surface area (Å²) in [5, 5.41) is 0.975. The minimum atomic E-state index is -1.35. The summed E-state index contributed by atoms with van der Waals surface area (Å²) in [6.07, 6.45) is 2.72. The Morgan fingerprint density at radius 3 is 2.71 bits per heavy atom. The van der Waals surface area contributed by atoms with Gasteiger partial charge in [-0.1, -0.05) is 12.1 Å². The van der Waals surface area contributed by atoms with Crippen molar-refractivity contribution >= 4 is 33.5 Å². The molecule has 2 fully saturated rings. The van der Waals surface area contributed by atoms with Gasteiger partial charge >= 0.3 is 0 Å². The van der Waals surface area contributed by atoms with E-state index in [1.807, 2.05) is 24.4 Å².